The number of aromatic amines is 1. The van der Waals surface area contributed by atoms with E-state index in [-0.39, 0.29) is 24.8 Å². The van der Waals surface area contributed by atoms with Crippen LogP contribution in [0.1, 0.15) is 18.4 Å². The van der Waals surface area contributed by atoms with Crippen LogP contribution in [0.2, 0.25) is 0 Å². The predicted octanol–water partition coefficient (Wildman–Crippen LogP) is 2.82. The maximum Gasteiger partial charge on any atom is 0.289 e. The number of H-pyrrole nitrogens is 1. The van der Waals surface area contributed by atoms with Crippen LogP contribution in [0.4, 0.5) is 5.69 Å². The standard InChI is InChI=1S/C23H25N3O8S/c1-32-20-11-15-10-16(23(27)24-18(15)12-21(20)33-2)13-25(14-17-6-5-9-34-17)35(30,31)22-8-4-3-7-19(22)26(28)29/h3-4,7-8,10-12,17H,5-6,9,13-14H2,1-2H3,(H,24,27). The van der Waals surface area contributed by atoms with Gasteiger partial charge in [-0.2, -0.15) is 4.31 Å². The molecule has 1 aliphatic heterocycles. The van der Waals surface area contributed by atoms with Crippen molar-refractivity contribution in [1.82, 2.24) is 9.29 Å². The molecule has 1 fully saturated rings. The van der Waals surface area contributed by atoms with Gasteiger partial charge in [0.05, 0.1) is 30.8 Å². The number of benzene rings is 2. The molecule has 2 aromatic carbocycles. The molecule has 1 aromatic heterocycles. The summed E-state index contributed by atoms with van der Waals surface area (Å²) >= 11 is 0. The first-order chi connectivity index (χ1) is 16.7. The highest BCUT2D eigenvalue weighted by atomic mass is 32.2. The molecule has 0 radical (unpaired) electrons. The van der Waals surface area contributed by atoms with Crippen molar-refractivity contribution in [3.05, 3.63) is 68.5 Å². The van der Waals surface area contributed by atoms with E-state index in [1.807, 2.05) is 0 Å². The third-order valence-corrected chi connectivity index (χ3v) is 7.74. The molecule has 0 aliphatic carbocycles. The van der Waals surface area contributed by atoms with Crippen molar-refractivity contribution in [1.29, 1.82) is 0 Å². The molecule has 11 nitrogen and oxygen atoms in total. The van der Waals surface area contributed by atoms with E-state index in [1.165, 1.54) is 32.4 Å². The molecule has 0 amide bonds. The fraction of sp³-hybridized carbons (Fsp3) is 0.348. The number of fused-ring (bicyclic) bond motifs is 1. The van der Waals surface area contributed by atoms with Crippen LogP contribution >= 0.6 is 0 Å². The van der Waals surface area contributed by atoms with E-state index in [0.29, 0.717) is 35.4 Å². The molecule has 186 valence electrons. The Morgan fingerprint density at radius 2 is 1.89 bits per heavy atom. The summed E-state index contributed by atoms with van der Waals surface area (Å²) in [4.78, 5) is 26.0. The number of sulfonamides is 1. The molecule has 1 unspecified atom stereocenters. The lowest BCUT2D eigenvalue weighted by Crippen LogP contribution is -2.38. The monoisotopic (exact) mass is 503 g/mol. The Morgan fingerprint density at radius 1 is 1.17 bits per heavy atom. The van der Waals surface area contributed by atoms with Gasteiger partial charge in [0.2, 0.25) is 10.0 Å². The third kappa shape index (κ3) is 4.99. The van der Waals surface area contributed by atoms with Crippen LogP contribution in [0.25, 0.3) is 10.9 Å². The fourth-order valence-corrected chi connectivity index (χ4v) is 5.72. The van der Waals surface area contributed by atoms with Gasteiger partial charge in [0.15, 0.2) is 16.4 Å². The number of aromatic nitrogens is 1. The van der Waals surface area contributed by atoms with E-state index in [0.717, 1.165) is 16.8 Å². The lowest BCUT2D eigenvalue weighted by Gasteiger charge is -2.24. The van der Waals surface area contributed by atoms with Crippen LogP contribution < -0.4 is 15.0 Å². The zero-order valence-corrected chi connectivity index (χ0v) is 20.0. The minimum atomic E-state index is -4.34. The highest BCUT2D eigenvalue weighted by Gasteiger charge is 2.34. The minimum absolute atomic E-state index is 0.0439. The molecular weight excluding hydrogens is 478 g/mol. The lowest BCUT2D eigenvalue weighted by atomic mass is 10.1. The summed E-state index contributed by atoms with van der Waals surface area (Å²) < 4.78 is 44.6. The molecule has 1 aliphatic rings. The predicted molar refractivity (Wildman–Crippen MR) is 127 cm³/mol. The summed E-state index contributed by atoms with van der Waals surface area (Å²) in [5.74, 6) is 0.879. The second-order valence-corrected chi connectivity index (χ2v) is 9.98. The Balaban J connectivity index is 1.79. The summed E-state index contributed by atoms with van der Waals surface area (Å²) in [5.41, 5.74) is -0.359. The van der Waals surface area contributed by atoms with Crippen molar-refractivity contribution < 1.29 is 27.6 Å². The Bertz CT molecular complexity index is 1410. The number of para-hydroxylation sites is 1. The average Bonchev–Trinajstić information content (AvgIpc) is 3.36. The van der Waals surface area contributed by atoms with Gasteiger partial charge in [0, 0.05) is 42.8 Å². The molecule has 2 heterocycles. The van der Waals surface area contributed by atoms with E-state index in [9.17, 15) is 23.3 Å². The Labute approximate surface area is 201 Å². The van der Waals surface area contributed by atoms with Crippen LogP contribution in [0.3, 0.4) is 0 Å². The Kier molecular flexibility index (Phi) is 7.05. The molecule has 0 spiro atoms. The third-order valence-electron chi connectivity index (χ3n) is 5.88. The largest absolute Gasteiger partial charge is 0.493 e. The summed E-state index contributed by atoms with van der Waals surface area (Å²) in [6.45, 7) is 0.161. The van der Waals surface area contributed by atoms with E-state index in [1.54, 1.807) is 18.2 Å². The van der Waals surface area contributed by atoms with E-state index >= 15 is 0 Å². The van der Waals surface area contributed by atoms with Crippen molar-refractivity contribution in [2.45, 2.75) is 30.4 Å². The molecule has 1 atom stereocenters. The number of rotatable bonds is 9. The van der Waals surface area contributed by atoms with Gasteiger partial charge in [-0.25, -0.2) is 8.42 Å². The van der Waals surface area contributed by atoms with Gasteiger partial charge in [0.1, 0.15) is 0 Å². The number of hydrogen-bond donors (Lipinski definition) is 1. The zero-order valence-electron chi connectivity index (χ0n) is 19.2. The molecule has 1 N–H and O–H groups in total. The maximum atomic E-state index is 13.6. The van der Waals surface area contributed by atoms with Gasteiger partial charge < -0.3 is 19.2 Å². The SMILES string of the molecule is COc1cc2cc(CN(CC3CCCO3)S(=O)(=O)c3ccccc3[N+](=O)[O-])c(=O)[nH]c2cc1OC. The number of nitrogens with zero attached hydrogens (tertiary/aromatic N) is 2. The summed E-state index contributed by atoms with van der Waals surface area (Å²) in [5, 5.41) is 12.1. The Hall–Kier alpha value is -3.48. The minimum Gasteiger partial charge on any atom is -0.493 e. The zero-order chi connectivity index (χ0) is 25.2. The normalized spacial score (nSPS) is 16.0. The van der Waals surface area contributed by atoms with Crippen LogP contribution in [-0.4, -0.2) is 56.1 Å². The first-order valence-corrected chi connectivity index (χ1v) is 12.3. The van der Waals surface area contributed by atoms with E-state index in [4.69, 9.17) is 14.2 Å². The second-order valence-electron chi connectivity index (χ2n) is 8.08. The lowest BCUT2D eigenvalue weighted by molar-refractivity contribution is -0.387. The topological polar surface area (TPSA) is 141 Å². The van der Waals surface area contributed by atoms with Gasteiger partial charge in [0.25, 0.3) is 11.2 Å². The van der Waals surface area contributed by atoms with Crippen molar-refractivity contribution in [2.24, 2.45) is 0 Å². The maximum absolute atomic E-state index is 13.6. The van der Waals surface area contributed by atoms with Crippen molar-refractivity contribution in [3.8, 4) is 11.5 Å². The number of hydrogen-bond acceptors (Lipinski definition) is 8. The number of nitrogens with one attached hydrogen (secondary N) is 1. The molecule has 0 bridgehead atoms. The van der Waals surface area contributed by atoms with Gasteiger partial charge in [-0.3, -0.25) is 14.9 Å². The first-order valence-electron chi connectivity index (χ1n) is 10.9. The summed E-state index contributed by atoms with van der Waals surface area (Å²) in [6, 6.07) is 10.0. The quantitative estimate of drug-likeness (QED) is 0.347. The van der Waals surface area contributed by atoms with Crippen molar-refractivity contribution in [2.75, 3.05) is 27.4 Å². The number of pyridine rings is 1. The van der Waals surface area contributed by atoms with Crippen molar-refractivity contribution in [3.63, 3.8) is 0 Å². The van der Waals surface area contributed by atoms with Gasteiger partial charge in [-0.1, -0.05) is 12.1 Å². The fourth-order valence-electron chi connectivity index (χ4n) is 4.11. The molecule has 4 rings (SSSR count). The number of nitro groups is 1. The highest BCUT2D eigenvalue weighted by Crippen LogP contribution is 2.32. The van der Waals surface area contributed by atoms with E-state index in [2.05, 4.69) is 4.98 Å². The van der Waals surface area contributed by atoms with Crippen LogP contribution in [0.5, 0.6) is 11.5 Å². The molecule has 0 saturated carbocycles. The highest BCUT2D eigenvalue weighted by molar-refractivity contribution is 7.89. The number of methoxy groups -OCH3 is 2. The van der Waals surface area contributed by atoms with Gasteiger partial charge >= 0.3 is 0 Å². The average molecular weight is 504 g/mol. The number of nitro benzene ring substituents is 1. The second kappa shape index (κ2) is 10.0. The van der Waals surface area contributed by atoms with Gasteiger partial charge in [-0.15, -0.1) is 0 Å². The molecule has 3 aromatic rings. The van der Waals surface area contributed by atoms with Crippen LogP contribution in [-0.2, 0) is 21.3 Å². The van der Waals surface area contributed by atoms with Crippen LogP contribution in [0.15, 0.2) is 52.2 Å². The smallest absolute Gasteiger partial charge is 0.289 e. The van der Waals surface area contributed by atoms with Gasteiger partial charge in [-0.05, 0) is 31.0 Å². The van der Waals surface area contributed by atoms with E-state index < -0.39 is 31.1 Å². The first kappa shape index (κ1) is 24.6. The summed E-state index contributed by atoms with van der Waals surface area (Å²) in [7, 11) is -1.38. The van der Waals surface area contributed by atoms with Crippen molar-refractivity contribution >= 4 is 26.6 Å². The van der Waals surface area contributed by atoms with Crippen LogP contribution in [0, 0.1) is 10.1 Å². The molecule has 35 heavy (non-hydrogen) atoms. The number of ether oxygens (including phenoxy) is 3. The Morgan fingerprint density at radius 3 is 2.54 bits per heavy atom. The molecular formula is C23H25N3O8S. The molecule has 1 saturated heterocycles. The summed E-state index contributed by atoms with van der Waals surface area (Å²) in [6.07, 6.45) is 1.05. The molecule has 12 heteroatoms.